The Morgan fingerprint density at radius 3 is 2.62 bits per heavy atom. The summed E-state index contributed by atoms with van der Waals surface area (Å²) in [6.07, 6.45) is 0.808. The molecule has 0 atom stereocenters. The number of benzene rings is 1. The van der Waals surface area contributed by atoms with E-state index in [1.54, 1.807) is 36.0 Å². The van der Waals surface area contributed by atoms with Gasteiger partial charge in [-0.3, -0.25) is 14.3 Å². The van der Waals surface area contributed by atoms with Crippen molar-refractivity contribution >= 4 is 34.8 Å². The molecule has 7 nitrogen and oxygen atoms in total. The number of methoxy groups -OCH3 is 1. The first kappa shape index (κ1) is 19.9. The zero-order valence-electron chi connectivity index (χ0n) is 15.3. The van der Waals surface area contributed by atoms with E-state index < -0.39 is 0 Å². The molecule has 2 aromatic rings. The summed E-state index contributed by atoms with van der Waals surface area (Å²) in [5, 5.41) is 10.1. The van der Waals surface area contributed by atoms with Crippen LogP contribution < -0.4 is 10.6 Å². The Balaban J connectivity index is 2.08. The predicted molar refractivity (Wildman–Crippen MR) is 102 cm³/mol. The first-order valence-electron chi connectivity index (χ1n) is 8.22. The number of nitrogens with one attached hydrogen (secondary N) is 2. The van der Waals surface area contributed by atoms with Gasteiger partial charge in [0, 0.05) is 19.8 Å². The number of amides is 2. The van der Waals surface area contributed by atoms with Gasteiger partial charge in [-0.2, -0.15) is 5.10 Å². The first-order valence-corrected chi connectivity index (χ1v) is 8.60. The third kappa shape index (κ3) is 5.31. The van der Waals surface area contributed by atoms with E-state index >= 15 is 0 Å². The van der Waals surface area contributed by atoms with Gasteiger partial charge in [0.2, 0.25) is 5.91 Å². The van der Waals surface area contributed by atoms with Crippen LogP contribution in [-0.2, 0) is 23.0 Å². The molecule has 1 aromatic carbocycles. The number of nitrogens with zero attached hydrogens (tertiary/aromatic N) is 2. The molecule has 26 heavy (non-hydrogen) atoms. The molecule has 0 radical (unpaired) electrons. The van der Waals surface area contributed by atoms with Crippen LogP contribution in [0.3, 0.4) is 0 Å². The minimum atomic E-state index is -0.307. The summed E-state index contributed by atoms with van der Waals surface area (Å²) in [4.78, 5) is 24.0. The van der Waals surface area contributed by atoms with Crippen molar-refractivity contribution in [2.75, 3.05) is 24.4 Å². The fourth-order valence-electron chi connectivity index (χ4n) is 2.46. The van der Waals surface area contributed by atoms with Gasteiger partial charge >= 0.3 is 0 Å². The number of anilines is 2. The Bertz CT molecular complexity index is 802. The lowest BCUT2D eigenvalue weighted by Crippen LogP contribution is -2.18. The number of halogens is 1. The zero-order chi connectivity index (χ0) is 19.3. The van der Waals surface area contributed by atoms with Crippen molar-refractivity contribution < 1.29 is 14.3 Å². The lowest BCUT2D eigenvalue weighted by atomic mass is 10.1. The Kier molecular flexibility index (Phi) is 6.76. The van der Waals surface area contributed by atoms with Gasteiger partial charge in [0.15, 0.2) is 0 Å². The minimum Gasteiger partial charge on any atom is -0.375 e. The summed E-state index contributed by atoms with van der Waals surface area (Å²) >= 11 is 6.17. The van der Waals surface area contributed by atoms with E-state index in [0.717, 1.165) is 12.1 Å². The van der Waals surface area contributed by atoms with E-state index in [4.69, 9.17) is 16.3 Å². The number of hydrogen-bond donors (Lipinski definition) is 2. The molecule has 140 valence electrons. The van der Waals surface area contributed by atoms with Gasteiger partial charge < -0.3 is 15.4 Å². The molecule has 0 aliphatic carbocycles. The number of carbonyl (C=O) groups excluding carboxylic acids is 2. The third-order valence-electron chi connectivity index (χ3n) is 3.56. The SMILES string of the molecule is COCC(=O)Nc1ccc(NC(=O)c2cc(CC(C)C)nn2C)cc1Cl. The van der Waals surface area contributed by atoms with Gasteiger partial charge in [-0.25, -0.2) is 0 Å². The molecule has 1 aromatic heterocycles. The van der Waals surface area contributed by atoms with Crippen molar-refractivity contribution in [1.82, 2.24) is 9.78 Å². The van der Waals surface area contributed by atoms with Crippen molar-refractivity contribution in [2.45, 2.75) is 20.3 Å². The first-order chi connectivity index (χ1) is 12.3. The molecule has 0 saturated carbocycles. The molecule has 0 saturated heterocycles. The zero-order valence-corrected chi connectivity index (χ0v) is 16.1. The highest BCUT2D eigenvalue weighted by Gasteiger charge is 2.15. The predicted octanol–water partition coefficient (Wildman–Crippen LogP) is 3.11. The Morgan fingerprint density at radius 2 is 2.00 bits per heavy atom. The molecule has 2 N–H and O–H groups in total. The summed E-state index contributed by atoms with van der Waals surface area (Å²) in [7, 11) is 3.17. The van der Waals surface area contributed by atoms with Crippen LogP contribution in [0.4, 0.5) is 11.4 Å². The van der Waals surface area contributed by atoms with Crippen molar-refractivity contribution in [3.05, 3.63) is 40.7 Å². The fraction of sp³-hybridized carbons (Fsp3) is 0.389. The van der Waals surface area contributed by atoms with E-state index in [0.29, 0.717) is 28.0 Å². The average Bonchev–Trinajstić information content (AvgIpc) is 2.90. The monoisotopic (exact) mass is 378 g/mol. The van der Waals surface area contributed by atoms with E-state index in [1.165, 1.54) is 7.11 Å². The molecule has 8 heteroatoms. The van der Waals surface area contributed by atoms with Crippen molar-refractivity contribution in [1.29, 1.82) is 0 Å². The van der Waals surface area contributed by atoms with E-state index in [9.17, 15) is 9.59 Å². The van der Waals surface area contributed by atoms with Gasteiger partial charge in [0.05, 0.1) is 16.4 Å². The maximum absolute atomic E-state index is 12.5. The second kappa shape index (κ2) is 8.82. The van der Waals surface area contributed by atoms with Crippen LogP contribution in [-0.4, -0.2) is 35.3 Å². The summed E-state index contributed by atoms with van der Waals surface area (Å²) in [5.74, 6) is -0.124. The molecule has 0 aliphatic heterocycles. The topological polar surface area (TPSA) is 85.2 Å². The van der Waals surface area contributed by atoms with Crippen LogP contribution >= 0.6 is 11.6 Å². The van der Waals surface area contributed by atoms with Crippen LogP contribution in [0.1, 0.15) is 30.0 Å². The van der Waals surface area contributed by atoms with Crippen LogP contribution in [0, 0.1) is 5.92 Å². The van der Waals surface area contributed by atoms with E-state index in [1.807, 2.05) is 0 Å². The number of ether oxygens (including phenoxy) is 1. The standard InChI is InChI=1S/C18H23ClN4O3/c1-11(2)7-13-9-16(23(3)22-13)18(25)20-12-5-6-15(14(19)8-12)21-17(24)10-26-4/h5-6,8-9,11H,7,10H2,1-4H3,(H,20,25)(H,21,24). The molecule has 0 fully saturated rings. The third-order valence-corrected chi connectivity index (χ3v) is 3.87. The molecule has 2 amide bonds. The van der Waals surface area contributed by atoms with Crippen LogP contribution in [0.25, 0.3) is 0 Å². The number of hydrogen-bond acceptors (Lipinski definition) is 4. The molecule has 1 heterocycles. The number of aryl methyl sites for hydroxylation is 1. The van der Waals surface area contributed by atoms with E-state index in [2.05, 4.69) is 29.6 Å². The highest BCUT2D eigenvalue weighted by Crippen LogP contribution is 2.26. The van der Waals surface area contributed by atoms with Crippen LogP contribution in [0.5, 0.6) is 0 Å². The summed E-state index contributed by atoms with van der Waals surface area (Å²) in [6.45, 7) is 4.14. The summed E-state index contributed by atoms with van der Waals surface area (Å²) in [5.41, 5.74) is 2.32. The smallest absolute Gasteiger partial charge is 0.273 e. The molecule has 2 rings (SSSR count). The van der Waals surface area contributed by atoms with Crippen LogP contribution in [0.2, 0.25) is 5.02 Å². The fourth-order valence-corrected chi connectivity index (χ4v) is 2.69. The Labute approximate surface area is 157 Å². The molecule has 0 aliphatic rings. The quantitative estimate of drug-likeness (QED) is 0.775. The number of aromatic nitrogens is 2. The van der Waals surface area contributed by atoms with Crippen LogP contribution in [0.15, 0.2) is 24.3 Å². The van der Waals surface area contributed by atoms with Gasteiger partial charge in [-0.05, 0) is 36.6 Å². The highest BCUT2D eigenvalue weighted by atomic mass is 35.5. The number of carbonyl (C=O) groups is 2. The normalized spacial score (nSPS) is 10.8. The molecule has 0 unspecified atom stereocenters. The maximum Gasteiger partial charge on any atom is 0.273 e. The van der Waals surface area contributed by atoms with E-state index in [-0.39, 0.29) is 18.4 Å². The lowest BCUT2D eigenvalue weighted by molar-refractivity contribution is -0.119. The van der Waals surface area contributed by atoms with Crippen molar-refractivity contribution in [3.63, 3.8) is 0 Å². The average molecular weight is 379 g/mol. The Hall–Kier alpha value is -2.38. The van der Waals surface area contributed by atoms with Gasteiger partial charge in [0.25, 0.3) is 5.91 Å². The van der Waals surface area contributed by atoms with Gasteiger partial charge in [-0.1, -0.05) is 25.4 Å². The highest BCUT2D eigenvalue weighted by molar-refractivity contribution is 6.34. The maximum atomic E-state index is 12.5. The van der Waals surface area contributed by atoms with Crippen molar-refractivity contribution in [2.24, 2.45) is 13.0 Å². The van der Waals surface area contributed by atoms with Gasteiger partial charge in [-0.15, -0.1) is 0 Å². The minimum absolute atomic E-state index is 0.0615. The second-order valence-corrected chi connectivity index (χ2v) is 6.78. The summed E-state index contributed by atoms with van der Waals surface area (Å²) < 4.78 is 6.32. The molecule has 0 bridgehead atoms. The number of rotatable bonds is 7. The largest absolute Gasteiger partial charge is 0.375 e. The molecular weight excluding hydrogens is 356 g/mol. The van der Waals surface area contributed by atoms with Gasteiger partial charge in [0.1, 0.15) is 12.3 Å². The molecule has 0 spiro atoms. The lowest BCUT2D eigenvalue weighted by Gasteiger charge is -2.10. The summed E-state index contributed by atoms with van der Waals surface area (Å²) in [6, 6.07) is 6.65. The Morgan fingerprint density at radius 1 is 1.27 bits per heavy atom. The molecular formula is C18H23ClN4O3. The second-order valence-electron chi connectivity index (χ2n) is 6.37. The van der Waals surface area contributed by atoms with Crippen molar-refractivity contribution in [3.8, 4) is 0 Å².